The third kappa shape index (κ3) is 3.01. The molecule has 0 radical (unpaired) electrons. The molecule has 0 aliphatic heterocycles. The largest absolute Gasteiger partial charge is 0.488 e. The molecule has 0 saturated heterocycles. The molecule has 0 spiro atoms. The average Bonchev–Trinajstić information content (AvgIpc) is 2.63. The molecule has 1 aromatic heterocycles. The van der Waals surface area contributed by atoms with Gasteiger partial charge in [0.1, 0.15) is 0 Å². The summed E-state index contributed by atoms with van der Waals surface area (Å²) in [6, 6.07) is 2.82. The first-order valence-electron chi connectivity index (χ1n) is 6.39. The summed E-state index contributed by atoms with van der Waals surface area (Å²) < 4.78 is 20.9. The molecule has 3 N–H and O–H groups in total. The monoisotopic (exact) mass is 278 g/mol. The van der Waals surface area contributed by atoms with Crippen LogP contribution in [-0.4, -0.2) is 15.9 Å². The zero-order valence-electron chi connectivity index (χ0n) is 12.1. The van der Waals surface area contributed by atoms with Crippen LogP contribution in [0.5, 0.6) is 5.75 Å². The highest BCUT2D eigenvalue weighted by Gasteiger charge is 2.12. The first-order valence-corrected chi connectivity index (χ1v) is 6.39. The number of hydrogen-bond acceptors (Lipinski definition) is 4. The van der Waals surface area contributed by atoms with E-state index in [9.17, 15) is 4.39 Å². The van der Waals surface area contributed by atoms with Crippen molar-refractivity contribution >= 4 is 17.1 Å². The highest BCUT2D eigenvalue weighted by Crippen LogP contribution is 2.31. The number of halogens is 1. The van der Waals surface area contributed by atoms with Crippen molar-refractivity contribution in [1.29, 1.82) is 0 Å². The molecule has 6 heteroatoms. The maximum Gasteiger partial charge on any atom is 0.167 e. The molecule has 2 rings (SSSR count). The van der Waals surface area contributed by atoms with Crippen molar-refractivity contribution in [1.82, 2.24) is 9.78 Å². The van der Waals surface area contributed by atoms with Crippen LogP contribution in [0, 0.1) is 12.7 Å². The molecule has 20 heavy (non-hydrogen) atoms. The fourth-order valence-electron chi connectivity index (χ4n) is 1.89. The molecular weight excluding hydrogens is 259 g/mol. The Morgan fingerprint density at radius 3 is 2.60 bits per heavy atom. The van der Waals surface area contributed by atoms with Gasteiger partial charge in [0.2, 0.25) is 0 Å². The van der Waals surface area contributed by atoms with Crippen molar-refractivity contribution in [2.75, 3.05) is 11.1 Å². The summed E-state index contributed by atoms with van der Waals surface area (Å²) in [4.78, 5) is 0. The number of nitrogen functional groups attached to an aromatic ring is 1. The van der Waals surface area contributed by atoms with Crippen LogP contribution in [0.3, 0.4) is 0 Å². The van der Waals surface area contributed by atoms with Gasteiger partial charge in [0.15, 0.2) is 11.6 Å². The van der Waals surface area contributed by atoms with E-state index < -0.39 is 5.82 Å². The predicted molar refractivity (Wildman–Crippen MR) is 77.8 cm³/mol. The quantitative estimate of drug-likeness (QED) is 0.844. The van der Waals surface area contributed by atoms with E-state index in [-0.39, 0.29) is 11.9 Å². The van der Waals surface area contributed by atoms with Crippen molar-refractivity contribution in [2.24, 2.45) is 7.05 Å². The van der Waals surface area contributed by atoms with Gasteiger partial charge in [-0.3, -0.25) is 4.68 Å². The van der Waals surface area contributed by atoms with E-state index in [1.807, 2.05) is 34.0 Å². The van der Waals surface area contributed by atoms with Crippen molar-refractivity contribution in [3.8, 4) is 5.75 Å². The number of benzene rings is 1. The van der Waals surface area contributed by atoms with Crippen molar-refractivity contribution in [3.05, 3.63) is 29.8 Å². The molecule has 1 heterocycles. The van der Waals surface area contributed by atoms with Gasteiger partial charge in [0.05, 0.1) is 28.9 Å². The van der Waals surface area contributed by atoms with Crippen LogP contribution in [0.15, 0.2) is 18.3 Å². The Bertz CT molecular complexity index is 622. The second-order valence-electron chi connectivity index (χ2n) is 4.96. The fourth-order valence-corrected chi connectivity index (χ4v) is 1.89. The minimum absolute atomic E-state index is 0.110. The van der Waals surface area contributed by atoms with Gasteiger partial charge < -0.3 is 15.8 Å². The second kappa shape index (κ2) is 5.40. The van der Waals surface area contributed by atoms with E-state index in [1.54, 1.807) is 10.7 Å². The summed E-state index contributed by atoms with van der Waals surface area (Å²) in [6.07, 6.45) is 1.72. The summed E-state index contributed by atoms with van der Waals surface area (Å²) >= 11 is 0. The van der Waals surface area contributed by atoms with Gasteiger partial charge >= 0.3 is 0 Å². The van der Waals surface area contributed by atoms with E-state index >= 15 is 0 Å². The van der Waals surface area contributed by atoms with E-state index in [2.05, 4.69) is 10.4 Å². The molecule has 2 aromatic rings. The third-order valence-corrected chi connectivity index (χ3v) is 2.75. The Kier molecular flexibility index (Phi) is 3.83. The summed E-state index contributed by atoms with van der Waals surface area (Å²) in [5.41, 5.74) is 8.41. The van der Waals surface area contributed by atoms with Gasteiger partial charge in [-0.15, -0.1) is 0 Å². The van der Waals surface area contributed by atoms with Crippen LogP contribution in [0.1, 0.15) is 19.5 Å². The Labute approximate surface area is 117 Å². The number of aromatic nitrogens is 2. The van der Waals surface area contributed by atoms with E-state index in [0.717, 1.165) is 11.4 Å². The third-order valence-electron chi connectivity index (χ3n) is 2.75. The first kappa shape index (κ1) is 14.2. The molecular formula is C14H19FN4O. The van der Waals surface area contributed by atoms with Crippen LogP contribution in [0.25, 0.3) is 0 Å². The van der Waals surface area contributed by atoms with E-state index in [4.69, 9.17) is 10.5 Å². The van der Waals surface area contributed by atoms with Gasteiger partial charge in [0, 0.05) is 25.4 Å². The Morgan fingerprint density at radius 1 is 1.35 bits per heavy atom. The molecule has 0 unspecified atom stereocenters. The topological polar surface area (TPSA) is 65.1 Å². The molecule has 0 fully saturated rings. The van der Waals surface area contributed by atoms with Gasteiger partial charge in [0.25, 0.3) is 0 Å². The van der Waals surface area contributed by atoms with Gasteiger partial charge in [-0.1, -0.05) is 0 Å². The zero-order valence-corrected chi connectivity index (χ0v) is 12.1. The molecule has 0 aliphatic rings. The standard InChI is InChI=1S/C14H19FN4O/c1-8(2)20-14-6-12(11(16)5-10(14)15)17-13-7-19(4)18-9(13)3/h5-8,17H,16H2,1-4H3. The fraction of sp³-hybridized carbons (Fsp3) is 0.357. The smallest absolute Gasteiger partial charge is 0.167 e. The number of aryl methyl sites for hydroxylation is 2. The molecule has 108 valence electrons. The SMILES string of the molecule is Cc1nn(C)cc1Nc1cc(OC(C)C)c(F)cc1N. The number of rotatable bonds is 4. The lowest BCUT2D eigenvalue weighted by atomic mass is 10.2. The van der Waals surface area contributed by atoms with Crippen LogP contribution < -0.4 is 15.8 Å². The lowest BCUT2D eigenvalue weighted by Gasteiger charge is -2.14. The predicted octanol–water partition coefficient (Wildman–Crippen LogP) is 2.98. The van der Waals surface area contributed by atoms with Gasteiger partial charge in [-0.25, -0.2) is 4.39 Å². The van der Waals surface area contributed by atoms with Crippen molar-refractivity contribution < 1.29 is 9.13 Å². The van der Waals surface area contributed by atoms with Crippen LogP contribution >= 0.6 is 0 Å². The molecule has 0 aliphatic carbocycles. The minimum atomic E-state index is -0.468. The highest BCUT2D eigenvalue weighted by molar-refractivity contribution is 5.74. The van der Waals surface area contributed by atoms with Crippen LogP contribution in [-0.2, 0) is 7.05 Å². The molecule has 5 nitrogen and oxygen atoms in total. The average molecular weight is 278 g/mol. The number of nitrogens with zero attached hydrogens (tertiary/aromatic N) is 2. The van der Waals surface area contributed by atoms with E-state index in [1.165, 1.54) is 6.07 Å². The van der Waals surface area contributed by atoms with E-state index in [0.29, 0.717) is 11.4 Å². The molecule has 0 amide bonds. The van der Waals surface area contributed by atoms with Crippen LogP contribution in [0.4, 0.5) is 21.5 Å². The lowest BCUT2D eigenvalue weighted by Crippen LogP contribution is -2.08. The second-order valence-corrected chi connectivity index (χ2v) is 4.96. The van der Waals surface area contributed by atoms with Crippen molar-refractivity contribution in [3.63, 3.8) is 0 Å². The highest BCUT2D eigenvalue weighted by atomic mass is 19.1. The zero-order chi connectivity index (χ0) is 14.9. The normalized spacial score (nSPS) is 10.9. The number of nitrogens with two attached hydrogens (primary N) is 1. The molecule has 0 saturated carbocycles. The Hall–Kier alpha value is -2.24. The van der Waals surface area contributed by atoms with Gasteiger partial charge in [-0.05, 0) is 20.8 Å². The summed E-state index contributed by atoms with van der Waals surface area (Å²) in [5, 5.41) is 7.38. The van der Waals surface area contributed by atoms with Gasteiger partial charge in [-0.2, -0.15) is 5.10 Å². The number of ether oxygens (including phenoxy) is 1. The minimum Gasteiger partial charge on any atom is -0.488 e. The maximum atomic E-state index is 13.8. The Morgan fingerprint density at radius 2 is 2.05 bits per heavy atom. The van der Waals surface area contributed by atoms with Crippen molar-refractivity contribution in [2.45, 2.75) is 26.9 Å². The number of anilines is 3. The molecule has 0 atom stereocenters. The molecule has 1 aromatic carbocycles. The first-order chi connectivity index (χ1) is 9.36. The summed E-state index contributed by atoms with van der Waals surface area (Å²) in [5.74, 6) is -0.289. The lowest BCUT2D eigenvalue weighted by molar-refractivity contribution is 0.231. The van der Waals surface area contributed by atoms with Crippen LogP contribution in [0.2, 0.25) is 0 Å². The number of nitrogens with one attached hydrogen (secondary N) is 1. The number of hydrogen-bond donors (Lipinski definition) is 2. The maximum absolute atomic E-state index is 13.8. The summed E-state index contributed by atoms with van der Waals surface area (Å²) in [7, 11) is 1.83. The Balaban J connectivity index is 2.33. The molecule has 0 bridgehead atoms. The summed E-state index contributed by atoms with van der Waals surface area (Å²) in [6.45, 7) is 5.57.